The maximum Gasteiger partial charge on any atom is 0.269 e. The molecule has 1 aromatic carbocycles. The number of nitro benzene ring substituents is 1. The van der Waals surface area contributed by atoms with E-state index in [0.29, 0.717) is 0 Å². The lowest BCUT2D eigenvalue weighted by molar-refractivity contribution is -0.384. The molecule has 0 amide bonds. The molecule has 12 unspecified atom stereocenters. The Kier molecular flexibility index (Phi) is 8.89. The Bertz CT molecular complexity index is 904. The highest BCUT2D eigenvalue weighted by Gasteiger charge is 2.48. The van der Waals surface area contributed by atoms with Gasteiger partial charge >= 0.3 is 0 Å². The van der Waals surface area contributed by atoms with Crippen LogP contribution in [0.5, 0.6) is 5.75 Å². The molecule has 3 aliphatic heterocycles. The van der Waals surface area contributed by atoms with Gasteiger partial charge in [0.15, 0.2) is 12.6 Å². The number of nitrogens with zero attached hydrogens (tertiary/aromatic N) is 1. The first-order chi connectivity index (χ1) is 17.6. The molecule has 3 aliphatic rings. The number of nitro groups is 1. The van der Waals surface area contributed by atoms with Gasteiger partial charge < -0.3 is 64.2 Å². The first-order valence-electron chi connectivity index (χ1n) is 11.4. The number of hydrogen-bond acceptors (Lipinski definition) is 15. The molecular weight excluding hydrogens is 506 g/mol. The van der Waals surface area contributed by atoms with Crippen molar-refractivity contribution in [3.63, 3.8) is 0 Å². The van der Waals surface area contributed by atoms with Crippen molar-refractivity contribution < 1.29 is 69.1 Å². The van der Waals surface area contributed by atoms with Crippen molar-refractivity contribution >= 4 is 5.69 Å². The summed E-state index contributed by atoms with van der Waals surface area (Å²) in [5.41, 5.74) is -0.161. The summed E-state index contributed by atoms with van der Waals surface area (Å²) in [5, 5.41) is 81.8. The van der Waals surface area contributed by atoms with E-state index in [9.17, 15) is 45.9 Å². The van der Waals surface area contributed by atoms with Gasteiger partial charge in [-0.05, 0) is 12.1 Å². The van der Waals surface area contributed by atoms with Crippen LogP contribution in [0, 0.1) is 10.1 Å². The molecule has 7 N–H and O–H groups in total. The third-order valence-corrected chi connectivity index (χ3v) is 6.24. The van der Waals surface area contributed by atoms with Gasteiger partial charge in [-0.15, -0.1) is 0 Å². The van der Waals surface area contributed by atoms with Crippen molar-refractivity contribution in [3.8, 4) is 5.75 Å². The minimum absolute atomic E-state index is 0.149. The van der Waals surface area contributed by atoms with Crippen LogP contribution in [0.1, 0.15) is 0 Å². The predicted octanol–water partition coefficient (Wildman–Crippen LogP) is -3.66. The fourth-order valence-electron chi connectivity index (χ4n) is 4.02. The summed E-state index contributed by atoms with van der Waals surface area (Å²) >= 11 is 0. The molecule has 0 aromatic heterocycles. The SMILES string of the molecule is O=[N+]([O-])c1ccc(OC2OCC(OC3OCC(OC4OCC(O)C(O)C4O)C(O)C3O)C(O)C2O)cc1. The normalized spacial score (nSPS) is 42.8. The fraction of sp³-hybridized carbons (Fsp3) is 0.714. The van der Waals surface area contributed by atoms with Gasteiger partial charge in [-0.2, -0.15) is 0 Å². The van der Waals surface area contributed by atoms with Crippen molar-refractivity contribution in [2.24, 2.45) is 0 Å². The Labute approximate surface area is 209 Å². The van der Waals surface area contributed by atoms with Gasteiger partial charge in [-0.3, -0.25) is 10.1 Å². The average Bonchev–Trinajstić information content (AvgIpc) is 2.88. The highest BCUT2D eigenvalue weighted by atomic mass is 16.7. The molecular formula is C21H29NO15. The van der Waals surface area contributed by atoms with Crippen molar-refractivity contribution in [1.82, 2.24) is 0 Å². The molecule has 0 saturated carbocycles. The first kappa shape index (κ1) is 28.0. The minimum atomic E-state index is -1.69. The first-order valence-corrected chi connectivity index (χ1v) is 11.4. The van der Waals surface area contributed by atoms with Gasteiger partial charge in [0.05, 0.1) is 24.7 Å². The van der Waals surface area contributed by atoms with Crippen LogP contribution in [0.15, 0.2) is 24.3 Å². The Hall–Kier alpha value is -2.06. The summed E-state index contributed by atoms with van der Waals surface area (Å²) in [6.07, 6.45) is -17.5. The van der Waals surface area contributed by atoms with E-state index >= 15 is 0 Å². The van der Waals surface area contributed by atoms with Crippen molar-refractivity contribution in [3.05, 3.63) is 34.4 Å². The zero-order chi connectivity index (χ0) is 26.9. The summed E-state index contributed by atoms with van der Waals surface area (Å²) in [5.74, 6) is 0.149. The smallest absolute Gasteiger partial charge is 0.269 e. The van der Waals surface area contributed by atoms with Gasteiger partial charge in [0.25, 0.3) is 5.69 Å². The Morgan fingerprint density at radius 1 is 0.676 bits per heavy atom. The van der Waals surface area contributed by atoms with E-state index in [1.807, 2.05) is 0 Å². The lowest BCUT2D eigenvalue weighted by atomic mass is 10.0. The fourth-order valence-corrected chi connectivity index (χ4v) is 4.02. The van der Waals surface area contributed by atoms with E-state index in [2.05, 4.69) is 0 Å². The second kappa shape index (κ2) is 11.8. The summed E-state index contributed by atoms with van der Waals surface area (Å²) in [6.45, 7) is -0.968. The molecule has 0 spiro atoms. The van der Waals surface area contributed by atoms with E-state index in [1.54, 1.807) is 0 Å². The van der Waals surface area contributed by atoms with Crippen LogP contribution in [0.25, 0.3) is 0 Å². The molecule has 3 saturated heterocycles. The Balaban J connectivity index is 1.28. The quantitative estimate of drug-likeness (QED) is 0.131. The van der Waals surface area contributed by atoms with Crippen LogP contribution in [-0.2, 0) is 23.7 Å². The lowest BCUT2D eigenvalue weighted by Gasteiger charge is -2.43. The zero-order valence-electron chi connectivity index (χ0n) is 19.2. The van der Waals surface area contributed by atoms with E-state index < -0.39 is 78.7 Å². The van der Waals surface area contributed by atoms with Gasteiger partial charge in [0.2, 0.25) is 6.29 Å². The molecule has 0 bridgehead atoms. The van der Waals surface area contributed by atoms with Crippen LogP contribution < -0.4 is 4.74 Å². The molecule has 0 aliphatic carbocycles. The maximum absolute atomic E-state index is 10.8. The average molecular weight is 535 g/mol. The maximum atomic E-state index is 10.8. The van der Waals surface area contributed by atoms with Gasteiger partial charge in [-0.1, -0.05) is 0 Å². The van der Waals surface area contributed by atoms with Gasteiger partial charge in [-0.25, -0.2) is 0 Å². The number of ether oxygens (including phenoxy) is 6. The number of non-ortho nitro benzene ring substituents is 1. The Morgan fingerprint density at radius 2 is 1.14 bits per heavy atom. The molecule has 4 rings (SSSR count). The second-order valence-electron chi connectivity index (χ2n) is 8.83. The largest absolute Gasteiger partial charge is 0.462 e. The van der Waals surface area contributed by atoms with Gasteiger partial charge in [0, 0.05) is 12.1 Å². The number of aliphatic hydroxyl groups excluding tert-OH is 7. The molecule has 16 nitrogen and oxygen atoms in total. The topological polar surface area (TPSA) is 240 Å². The van der Waals surface area contributed by atoms with E-state index in [1.165, 1.54) is 24.3 Å². The number of hydrogen-bond donors (Lipinski definition) is 7. The lowest BCUT2D eigenvalue weighted by Crippen LogP contribution is -2.61. The summed E-state index contributed by atoms with van der Waals surface area (Å²) in [4.78, 5) is 10.2. The van der Waals surface area contributed by atoms with Crippen molar-refractivity contribution in [2.45, 2.75) is 73.8 Å². The summed E-state index contributed by atoms with van der Waals surface area (Å²) < 4.78 is 32.3. The van der Waals surface area contributed by atoms with Crippen molar-refractivity contribution in [2.75, 3.05) is 19.8 Å². The molecule has 0 radical (unpaired) electrons. The van der Waals surface area contributed by atoms with Crippen LogP contribution in [0.3, 0.4) is 0 Å². The molecule has 12 atom stereocenters. The Morgan fingerprint density at radius 3 is 1.68 bits per heavy atom. The zero-order valence-corrected chi connectivity index (χ0v) is 19.2. The molecule has 208 valence electrons. The van der Waals surface area contributed by atoms with Crippen LogP contribution >= 0.6 is 0 Å². The molecule has 37 heavy (non-hydrogen) atoms. The minimum Gasteiger partial charge on any atom is -0.462 e. The van der Waals surface area contributed by atoms with Crippen molar-refractivity contribution in [1.29, 1.82) is 0 Å². The third kappa shape index (κ3) is 6.17. The number of aliphatic hydroxyl groups is 7. The second-order valence-corrected chi connectivity index (χ2v) is 8.83. The molecule has 3 heterocycles. The standard InChI is InChI=1S/C21H29NO15/c23-10-5-32-20(16(27)13(10)24)36-12-7-34-21(18(29)15(12)26)37-11-6-33-19(17(28)14(11)25)35-9-3-1-8(2-4-9)22(30)31/h1-4,10-21,23-29H,5-7H2. The summed E-state index contributed by atoms with van der Waals surface area (Å²) in [7, 11) is 0. The van der Waals surface area contributed by atoms with Crippen LogP contribution in [-0.4, -0.2) is 134 Å². The molecule has 16 heteroatoms. The monoisotopic (exact) mass is 535 g/mol. The number of rotatable bonds is 7. The summed E-state index contributed by atoms with van der Waals surface area (Å²) in [6, 6.07) is 5.00. The number of benzene rings is 1. The molecule has 1 aromatic rings. The van der Waals surface area contributed by atoms with Gasteiger partial charge in [0.1, 0.15) is 60.7 Å². The van der Waals surface area contributed by atoms with Crippen LogP contribution in [0.4, 0.5) is 5.69 Å². The van der Waals surface area contributed by atoms with E-state index in [-0.39, 0.29) is 31.3 Å². The third-order valence-electron chi connectivity index (χ3n) is 6.24. The van der Waals surface area contributed by atoms with E-state index in [4.69, 9.17) is 28.4 Å². The molecule has 3 fully saturated rings. The highest BCUT2D eigenvalue weighted by molar-refractivity contribution is 5.36. The predicted molar refractivity (Wildman–Crippen MR) is 115 cm³/mol. The highest BCUT2D eigenvalue weighted by Crippen LogP contribution is 2.28. The van der Waals surface area contributed by atoms with E-state index in [0.717, 1.165) is 0 Å². The van der Waals surface area contributed by atoms with Crippen LogP contribution in [0.2, 0.25) is 0 Å².